The second-order valence-corrected chi connectivity index (χ2v) is 9.19. The molecule has 1 aliphatic rings. The number of hydrogen-bond donors (Lipinski definition) is 0. The van der Waals surface area contributed by atoms with Gasteiger partial charge in [-0.3, -0.25) is 0 Å². The minimum Gasteiger partial charge on any atom is -0.369 e. The van der Waals surface area contributed by atoms with Gasteiger partial charge in [0.1, 0.15) is 0 Å². The third kappa shape index (κ3) is 3.85. The van der Waals surface area contributed by atoms with Gasteiger partial charge in [0.2, 0.25) is 10.0 Å². The molecule has 0 spiro atoms. The number of rotatable bonds is 4. The van der Waals surface area contributed by atoms with Crippen LogP contribution in [0.25, 0.3) is 16.3 Å². The fraction of sp³-hybridized carbons (Fsp3) is 0.208. The number of sulfonamides is 1. The summed E-state index contributed by atoms with van der Waals surface area (Å²) in [5.74, 6) is 0. The number of piperazine rings is 1. The van der Waals surface area contributed by atoms with Gasteiger partial charge in [-0.05, 0) is 53.1 Å². The molecule has 1 aliphatic heterocycles. The SMILES string of the molecule is C=C=C(C)c1ccc(N2CCN(S(=O)(=O)c3ccc4ccccc4c3)CC2)cc1. The third-order valence-electron chi connectivity index (χ3n) is 5.53. The van der Waals surface area contributed by atoms with Crippen LogP contribution in [0.2, 0.25) is 0 Å². The quantitative estimate of drug-likeness (QED) is 0.600. The lowest BCUT2D eigenvalue weighted by Crippen LogP contribution is -2.48. The molecule has 4 rings (SSSR count). The van der Waals surface area contributed by atoms with Crippen LogP contribution in [0.4, 0.5) is 5.69 Å². The zero-order valence-corrected chi connectivity index (χ0v) is 17.3. The van der Waals surface area contributed by atoms with Crippen LogP contribution in [0.5, 0.6) is 0 Å². The van der Waals surface area contributed by atoms with E-state index in [0.717, 1.165) is 27.6 Å². The molecule has 4 nitrogen and oxygen atoms in total. The Morgan fingerprint density at radius 2 is 1.55 bits per heavy atom. The fourth-order valence-electron chi connectivity index (χ4n) is 3.69. The lowest BCUT2D eigenvalue weighted by Gasteiger charge is -2.35. The van der Waals surface area contributed by atoms with Gasteiger partial charge in [-0.2, -0.15) is 4.31 Å². The summed E-state index contributed by atoms with van der Waals surface area (Å²) in [6, 6.07) is 21.4. The van der Waals surface area contributed by atoms with Gasteiger partial charge in [0.05, 0.1) is 4.90 Å². The topological polar surface area (TPSA) is 40.6 Å². The molecule has 0 bridgehead atoms. The van der Waals surface area contributed by atoms with Gasteiger partial charge in [0, 0.05) is 31.9 Å². The molecule has 0 N–H and O–H groups in total. The second-order valence-electron chi connectivity index (χ2n) is 7.25. The van der Waals surface area contributed by atoms with Crippen molar-refractivity contribution in [3.8, 4) is 0 Å². The fourth-order valence-corrected chi connectivity index (χ4v) is 5.15. The molecule has 1 heterocycles. The van der Waals surface area contributed by atoms with Crippen molar-refractivity contribution < 1.29 is 8.42 Å². The molecule has 148 valence electrons. The summed E-state index contributed by atoms with van der Waals surface area (Å²) >= 11 is 0. The largest absolute Gasteiger partial charge is 0.369 e. The molecule has 3 aromatic rings. The number of allylic oxidation sites excluding steroid dienone is 1. The number of fused-ring (bicyclic) bond motifs is 1. The molecule has 0 unspecified atom stereocenters. The zero-order chi connectivity index (χ0) is 20.4. The Balaban J connectivity index is 1.48. The summed E-state index contributed by atoms with van der Waals surface area (Å²) in [7, 11) is -3.49. The van der Waals surface area contributed by atoms with Gasteiger partial charge >= 0.3 is 0 Å². The van der Waals surface area contributed by atoms with E-state index in [4.69, 9.17) is 0 Å². The van der Waals surface area contributed by atoms with Crippen molar-refractivity contribution in [1.29, 1.82) is 0 Å². The molecule has 0 aliphatic carbocycles. The molecule has 1 saturated heterocycles. The number of hydrogen-bond acceptors (Lipinski definition) is 3. The molecule has 0 aromatic heterocycles. The highest BCUT2D eigenvalue weighted by molar-refractivity contribution is 7.89. The number of anilines is 1. The van der Waals surface area contributed by atoms with Gasteiger partial charge in [-0.25, -0.2) is 8.42 Å². The first kappa shape index (κ1) is 19.5. The van der Waals surface area contributed by atoms with Crippen LogP contribution in [0, 0.1) is 0 Å². The average Bonchev–Trinajstić information content (AvgIpc) is 2.78. The molecule has 5 heteroatoms. The summed E-state index contributed by atoms with van der Waals surface area (Å²) < 4.78 is 27.8. The molecule has 0 saturated carbocycles. The molecule has 3 aromatic carbocycles. The maximum absolute atomic E-state index is 13.1. The number of nitrogens with zero attached hydrogens (tertiary/aromatic N) is 2. The molecule has 1 fully saturated rings. The minimum absolute atomic E-state index is 0.362. The second kappa shape index (κ2) is 7.88. The monoisotopic (exact) mass is 404 g/mol. The average molecular weight is 405 g/mol. The van der Waals surface area contributed by atoms with E-state index in [-0.39, 0.29) is 0 Å². The van der Waals surface area contributed by atoms with E-state index in [1.807, 2.05) is 37.3 Å². The van der Waals surface area contributed by atoms with E-state index >= 15 is 0 Å². The van der Waals surface area contributed by atoms with Crippen molar-refractivity contribution in [1.82, 2.24) is 4.31 Å². The van der Waals surface area contributed by atoms with E-state index in [1.165, 1.54) is 0 Å². The molecule has 0 atom stereocenters. The Hall–Kier alpha value is -2.85. The summed E-state index contributed by atoms with van der Waals surface area (Å²) in [6.07, 6.45) is 0. The molecule has 0 radical (unpaired) electrons. The van der Waals surface area contributed by atoms with Crippen molar-refractivity contribution in [3.05, 3.63) is 84.6 Å². The Labute approximate surface area is 172 Å². The van der Waals surface area contributed by atoms with Gasteiger partial charge in [0.15, 0.2) is 0 Å². The van der Waals surface area contributed by atoms with E-state index in [0.29, 0.717) is 31.1 Å². The van der Waals surface area contributed by atoms with Gasteiger partial charge in [-0.1, -0.05) is 49.0 Å². The lowest BCUT2D eigenvalue weighted by atomic mass is 10.1. The van der Waals surface area contributed by atoms with E-state index in [1.54, 1.807) is 16.4 Å². The summed E-state index contributed by atoms with van der Waals surface area (Å²) in [5, 5.41) is 1.98. The van der Waals surface area contributed by atoms with Crippen LogP contribution in [0.15, 0.2) is 83.9 Å². The summed E-state index contributed by atoms with van der Waals surface area (Å²) in [6.45, 7) is 7.96. The van der Waals surface area contributed by atoms with Gasteiger partial charge < -0.3 is 4.90 Å². The minimum atomic E-state index is -3.49. The standard InChI is InChI=1S/C24H24N2O2S/c1-3-19(2)20-8-11-23(12-9-20)25-14-16-26(17-15-25)29(27,28)24-13-10-21-6-4-5-7-22(21)18-24/h4-13,18H,1,14-17H2,2H3. The maximum atomic E-state index is 13.1. The molecular weight excluding hydrogens is 380 g/mol. The van der Waals surface area contributed by atoms with E-state index in [2.05, 4.69) is 41.5 Å². The van der Waals surface area contributed by atoms with Crippen LogP contribution in [0.1, 0.15) is 12.5 Å². The smallest absolute Gasteiger partial charge is 0.243 e. The first-order valence-corrected chi connectivity index (χ1v) is 11.1. The lowest BCUT2D eigenvalue weighted by molar-refractivity contribution is 0.385. The summed E-state index contributed by atoms with van der Waals surface area (Å²) in [5.41, 5.74) is 6.13. The Morgan fingerprint density at radius 1 is 0.897 bits per heavy atom. The van der Waals surface area contributed by atoms with Crippen molar-refractivity contribution in [2.75, 3.05) is 31.1 Å². The highest BCUT2D eigenvalue weighted by Gasteiger charge is 2.28. The predicted octanol–water partition coefficient (Wildman–Crippen LogP) is 4.54. The third-order valence-corrected chi connectivity index (χ3v) is 7.42. The van der Waals surface area contributed by atoms with Crippen LogP contribution in [-0.4, -0.2) is 38.9 Å². The van der Waals surface area contributed by atoms with Crippen LogP contribution in [-0.2, 0) is 10.0 Å². The highest BCUT2D eigenvalue weighted by Crippen LogP contribution is 2.25. The van der Waals surface area contributed by atoms with Crippen LogP contribution < -0.4 is 4.90 Å². The number of benzene rings is 3. The van der Waals surface area contributed by atoms with E-state index < -0.39 is 10.0 Å². The van der Waals surface area contributed by atoms with Crippen LogP contribution in [0.3, 0.4) is 0 Å². The van der Waals surface area contributed by atoms with Crippen molar-refractivity contribution in [2.24, 2.45) is 0 Å². The Kier molecular flexibility index (Phi) is 5.29. The van der Waals surface area contributed by atoms with E-state index in [9.17, 15) is 8.42 Å². The first-order chi connectivity index (χ1) is 14.0. The predicted molar refractivity (Wildman–Crippen MR) is 120 cm³/mol. The normalized spacial score (nSPS) is 15.3. The highest BCUT2D eigenvalue weighted by atomic mass is 32.2. The van der Waals surface area contributed by atoms with Crippen LogP contribution >= 0.6 is 0 Å². The zero-order valence-electron chi connectivity index (χ0n) is 16.5. The molecule has 0 amide bonds. The van der Waals surface area contributed by atoms with Gasteiger partial charge in [0.25, 0.3) is 0 Å². The van der Waals surface area contributed by atoms with Crippen molar-refractivity contribution in [3.63, 3.8) is 0 Å². The van der Waals surface area contributed by atoms with Crippen molar-refractivity contribution >= 4 is 32.1 Å². The molecular formula is C24H24N2O2S. The Morgan fingerprint density at radius 3 is 2.21 bits per heavy atom. The first-order valence-electron chi connectivity index (χ1n) is 9.70. The van der Waals surface area contributed by atoms with Gasteiger partial charge in [-0.15, -0.1) is 5.73 Å². The molecule has 29 heavy (non-hydrogen) atoms. The summed E-state index contributed by atoms with van der Waals surface area (Å²) in [4.78, 5) is 2.59. The maximum Gasteiger partial charge on any atom is 0.243 e. The Bertz CT molecular complexity index is 1190. The van der Waals surface area contributed by atoms with Crippen molar-refractivity contribution in [2.45, 2.75) is 11.8 Å².